The van der Waals surface area contributed by atoms with Crippen molar-refractivity contribution < 1.29 is 9.18 Å². The number of piperidine rings is 1. The Morgan fingerprint density at radius 3 is 2.47 bits per heavy atom. The second-order valence-corrected chi connectivity index (χ2v) is 5.29. The Hall–Kier alpha value is -0.640. The molecule has 17 heavy (non-hydrogen) atoms. The molecule has 98 valence electrons. The van der Waals surface area contributed by atoms with Gasteiger partial charge in [-0.25, -0.2) is 0 Å². The number of nitrogens with zero attached hydrogens (tertiary/aromatic N) is 1. The Morgan fingerprint density at radius 2 is 1.94 bits per heavy atom. The topological polar surface area (TPSA) is 32.3 Å². The van der Waals surface area contributed by atoms with Crippen LogP contribution in [0.25, 0.3) is 0 Å². The van der Waals surface area contributed by atoms with E-state index >= 15 is 0 Å². The van der Waals surface area contributed by atoms with Crippen LogP contribution < -0.4 is 5.32 Å². The van der Waals surface area contributed by atoms with E-state index in [9.17, 15) is 9.18 Å². The van der Waals surface area contributed by atoms with E-state index in [1.807, 2.05) is 0 Å². The molecule has 1 saturated heterocycles. The molecule has 2 rings (SSSR count). The van der Waals surface area contributed by atoms with E-state index in [0.717, 1.165) is 45.3 Å². The highest BCUT2D eigenvalue weighted by Gasteiger charge is 2.28. The summed E-state index contributed by atoms with van der Waals surface area (Å²) in [6, 6.07) is 0.352. The van der Waals surface area contributed by atoms with Crippen molar-refractivity contribution in [2.75, 3.05) is 26.3 Å². The van der Waals surface area contributed by atoms with Crippen molar-refractivity contribution in [1.82, 2.24) is 10.2 Å². The molecule has 0 unspecified atom stereocenters. The Kier molecular flexibility index (Phi) is 4.77. The molecule has 1 heterocycles. The van der Waals surface area contributed by atoms with E-state index in [0.29, 0.717) is 18.4 Å². The number of likely N-dealkylation sites (tertiary alicyclic amines) is 1. The predicted molar refractivity (Wildman–Crippen MR) is 65.5 cm³/mol. The Morgan fingerprint density at radius 1 is 1.24 bits per heavy atom. The van der Waals surface area contributed by atoms with Gasteiger partial charge in [-0.2, -0.15) is 0 Å². The number of hydrogen-bond acceptors (Lipinski definition) is 2. The summed E-state index contributed by atoms with van der Waals surface area (Å²) in [5.74, 6) is 0.554. The van der Waals surface area contributed by atoms with Gasteiger partial charge in [0.2, 0.25) is 5.91 Å². The van der Waals surface area contributed by atoms with E-state index in [1.54, 1.807) is 0 Å². The fourth-order valence-electron chi connectivity index (χ4n) is 2.57. The van der Waals surface area contributed by atoms with Gasteiger partial charge < -0.3 is 10.2 Å². The van der Waals surface area contributed by atoms with Gasteiger partial charge in [-0.1, -0.05) is 6.42 Å². The fraction of sp³-hybridized carbons (Fsp3) is 0.923. The lowest BCUT2D eigenvalue weighted by molar-refractivity contribution is -0.128. The number of nitrogens with one attached hydrogen (secondary N) is 1. The summed E-state index contributed by atoms with van der Waals surface area (Å²) in [4.78, 5) is 14.1. The maximum absolute atomic E-state index is 12.0. The van der Waals surface area contributed by atoms with Crippen LogP contribution in [0.2, 0.25) is 0 Å². The molecular formula is C13H23FN2O. The Bertz CT molecular complexity index is 248. The normalized spacial score (nSPS) is 23.4. The van der Waals surface area contributed by atoms with Crippen LogP contribution in [0.1, 0.15) is 38.5 Å². The number of rotatable bonds is 5. The molecule has 4 heteroatoms. The molecule has 2 aliphatic rings. The number of carbonyl (C=O) groups is 1. The van der Waals surface area contributed by atoms with Crippen LogP contribution in [0.3, 0.4) is 0 Å². The summed E-state index contributed by atoms with van der Waals surface area (Å²) in [5, 5.41) is 3.16. The minimum atomic E-state index is -0.224. The summed E-state index contributed by atoms with van der Waals surface area (Å²) in [7, 11) is 0. The van der Waals surface area contributed by atoms with Crippen LogP contribution in [0.4, 0.5) is 4.39 Å². The molecule has 3 nitrogen and oxygen atoms in total. The van der Waals surface area contributed by atoms with Crippen molar-refractivity contribution in [2.45, 2.75) is 44.6 Å². The van der Waals surface area contributed by atoms with Crippen molar-refractivity contribution >= 4 is 5.91 Å². The van der Waals surface area contributed by atoms with Gasteiger partial charge in [-0.15, -0.1) is 0 Å². The number of hydrogen-bond donors (Lipinski definition) is 1. The zero-order valence-electron chi connectivity index (χ0n) is 10.5. The van der Waals surface area contributed by atoms with Gasteiger partial charge in [0.1, 0.15) is 0 Å². The van der Waals surface area contributed by atoms with Crippen molar-refractivity contribution in [2.24, 2.45) is 5.92 Å². The van der Waals surface area contributed by atoms with Crippen molar-refractivity contribution in [3.8, 4) is 0 Å². The first-order valence-corrected chi connectivity index (χ1v) is 6.88. The minimum Gasteiger partial charge on any atom is -0.353 e. The summed E-state index contributed by atoms with van der Waals surface area (Å²) < 4.78 is 12.0. The summed E-state index contributed by atoms with van der Waals surface area (Å²) in [5.41, 5.74) is 0. The molecular weight excluding hydrogens is 219 g/mol. The average Bonchev–Trinajstić information content (AvgIpc) is 2.26. The molecule has 0 radical (unpaired) electrons. The lowest BCUT2D eigenvalue weighted by Crippen LogP contribution is -2.47. The SMILES string of the molecule is O=C(NC1CCN(CCCF)CC1)C1CCC1. The van der Waals surface area contributed by atoms with E-state index < -0.39 is 0 Å². The van der Waals surface area contributed by atoms with Gasteiger partial charge in [0.15, 0.2) is 0 Å². The van der Waals surface area contributed by atoms with Crippen LogP contribution in [0.5, 0.6) is 0 Å². The average molecular weight is 242 g/mol. The van der Waals surface area contributed by atoms with E-state index in [2.05, 4.69) is 10.2 Å². The van der Waals surface area contributed by atoms with Gasteiger partial charge in [0.25, 0.3) is 0 Å². The molecule has 1 aliphatic heterocycles. The molecule has 0 spiro atoms. The standard InChI is InChI=1S/C13H23FN2O/c14-7-2-8-16-9-5-12(6-10-16)15-13(17)11-3-1-4-11/h11-12H,1-10H2,(H,15,17). The Labute approximate surface area is 103 Å². The summed E-state index contributed by atoms with van der Waals surface area (Å²) >= 11 is 0. The molecule has 1 N–H and O–H groups in total. The molecule has 0 aromatic carbocycles. The monoisotopic (exact) mass is 242 g/mol. The van der Waals surface area contributed by atoms with E-state index in [4.69, 9.17) is 0 Å². The second-order valence-electron chi connectivity index (χ2n) is 5.29. The zero-order valence-corrected chi connectivity index (χ0v) is 10.5. The first-order chi connectivity index (χ1) is 8.29. The quantitative estimate of drug-likeness (QED) is 0.796. The molecule has 2 fully saturated rings. The van der Waals surface area contributed by atoms with Crippen LogP contribution in [-0.4, -0.2) is 43.2 Å². The van der Waals surface area contributed by atoms with Gasteiger partial charge >= 0.3 is 0 Å². The molecule has 1 amide bonds. The number of alkyl halides is 1. The number of carbonyl (C=O) groups excluding carboxylic acids is 1. The van der Waals surface area contributed by atoms with Gasteiger partial charge in [0, 0.05) is 31.6 Å². The van der Waals surface area contributed by atoms with Crippen molar-refractivity contribution in [1.29, 1.82) is 0 Å². The van der Waals surface area contributed by atoms with Gasteiger partial charge in [-0.3, -0.25) is 9.18 Å². The van der Waals surface area contributed by atoms with E-state index in [1.165, 1.54) is 6.42 Å². The second kappa shape index (κ2) is 6.34. The van der Waals surface area contributed by atoms with Crippen molar-refractivity contribution in [3.63, 3.8) is 0 Å². The smallest absolute Gasteiger partial charge is 0.223 e. The lowest BCUT2D eigenvalue weighted by atomic mass is 9.84. The first-order valence-electron chi connectivity index (χ1n) is 6.88. The molecule has 0 atom stereocenters. The van der Waals surface area contributed by atoms with Crippen LogP contribution in [0.15, 0.2) is 0 Å². The first kappa shape index (κ1) is 12.8. The van der Waals surface area contributed by atoms with E-state index in [-0.39, 0.29) is 12.6 Å². The predicted octanol–water partition coefficient (Wildman–Crippen LogP) is 1.73. The third-order valence-corrected chi connectivity index (χ3v) is 4.02. The third-order valence-electron chi connectivity index (χ3n) is 4.02. The molecule has 0 aromatic rings. The van der Waals surface area contributed by atoms with Crippen LogP contribution in [-0.2, 0) is 4.79 Å². The highest BCUT2D eigenvalue weighted by atomic mass is 19.1. The summed E-state index contributed by atoms with van der Waals surface area (Å²) in [6.45, 7) is 2.63. The van der Waals surface area contributed by atoms with Crippen LogP contribution in [0, 0.1) is 5.92 Å². The third kappa shape index (κ3) is 3.66. The lowest BCUT2D eigenvalue weighted by Gasteiger charge is -2.34. The maximum Gasteiger partial charge on any atom is 0.223 e. The minimum absolute atomic E-state index is 0.224. The van der Waals surface area contributed by atoms with Crippen LogP contribution >= 0.6 is 0 Å². The largest absolute Gasteiger partial charge is 0.353 e. The molecule has 0 bridgehead atoms. The highest BCUT2D eigenvalue weighted by Crippen LogP contribution is 2.26. The van der Waals surface area contributed by atoms with Crippen molar-refractivity contribution in [3.05, 3.63) is 0 Å². The molecule has 1 saturated carbocycles. The fourth-order valence-corrected chi connectivity index (χ4v) is 2.57. The van der Waals surface area contributed by atoms with Gasteiger partial charge in [-0.05, 0) is 32.1 Å². The number of amides is 1. The Balaban J connectivity index is 1.63. The summed E-state index contributed by atoms with van der Waals surface area (Å²) in [6.07, 6.45) is 6.02. The highest BCUT2D eigenvalue weighted by molar-refractivity contribution is 5.79. The van der Waals surface area contributed by atoms with Gasteiger partial charge in [0.05, 0.1) is 6.67 Å². The molecule has 0 aromatic heterocycles. The maximum atomic E-state index is 12.0. The number of halogens is 1. The molecule has 1 aliphatic carbocycles. The zero-order chi connectivity index (χ0) is 12.1.